The van der Waals surface area contributed by atoms with Crippen LogP contribution >= 0.6 is 0 Å². The van der Waals surface area contributed by atoms with Crippen LogP contribution in [0.2, 0.25) is 0 Å². The topological polar surface area (TPSA) is 83.8 Å². The number of anilines is 1. The quantitative estimate of drug-likeness (QED) is 0.334. The van der Waals surface area contributed by atoms with Crippen molar-refractivity contribution in [2.24, 2.45) is 0 Å². The molecule has 2 amide bonds. The van der Waals surface area contributed by atoms with E-state index in [1.165, 1.54) is 11.8 Å². The molecule has 0 saturated carbocycles. The molecule has 5 rings (SSSR count). The first-order chi connectivity index (χ1) is 20.7. The van der Waals surface area contributed by atoms with Crippen molar-refractivity contribution in [1.82, 2.24) is 24.8 Å². The lowest BCUT2D eigenvalue weighted by Gasteiger charge is -2.28. The molecule has 0 bridgehead atoms. The van der Waals surface area contributed by atoms with Crippen molar-refractivity contribution in [2.45, 2.75) is 33.4 Å². The van der Waals surface area contributed by atoms with E-state index in [4.69, 9.17) is 4.74 Å². The van der Waals surface area contributed by atoms with E-state index in [2.05, 4.69) is 15.2 Å². The van der Waals surface area contributed by atoms with E-state index in [1.807, 2.05) is 42.5 Å². The van der Waals surface area contributed by atoms with Gasteiger partial charge in [-0.3, -0.25) is 14.5 Å². The monoisotopic (exact) mass is 588 g/mol. The van der Waals surface area contributed by atoms with Crippen LogP contribution in [0.1, 0.15) is 40.7 Å². The van der Waals surface area contributed by atoms with E-state index in [1.54, 1.807) is 35.7 Å². The van der Waals surface area contributed by atoms with Gasteiger partial charge in [-0.15, -0.1) is 5.10 Å². The number of carbonyl (C=O) groups excluding carboxylic acids is 2. The predicted octanol–water partition coefficient (Wildman–Crippen LogP) is 4.76. The molecule has 0 atom stereocenters. The summed E-state index contributed by atoms with van der Waals surface area (Å²) in [5, 5.41) is 8.46. The lowest BCUT2D eigenvalue weighted by atomic mass is 10.1. The average molecular weight is 589 g/mol. The molecule has 0 spiro atoms. The number of fused-ring (bicyclic) bond motifs is 1. The van der Waals surface area contributed by atoms with Gasteiger partial charge in [0, 0.05) is 58.3 Å². The molecule has 43 heavy (non-hydrogen) atoms. The van der Waals surface area contributed by atoms with Crippen molar-refractivity contribution in [2.75, 3.05) is 38.2 Å². The number of hydrogen-bond acceptors (Lipinski definition) is 6. The van der Waals surface area contributed by atoms with Gasteiger partial charge in [-0.1, -0.05) is 41.6 Å². The van der Waals surface area contributed by atoms with E-state index in [-0.39, 0.29) is 30.4 Å². The van der Waals surface area contributed by atoms with Crippen LogP contribution in [-0.4, -0.2) is 69.9 Å². The van der Waals surface area contributed by atoms with Gasteiger partial charge >= 0.3 is 0 Å². The van der Waals surface area contributed by atoms with E-state index in [0.29, 0.717) is 55.3 Å². The Kier molecular flexibility index (Phi) is 9.10. The molecule has 1 aromatic heterocycles. The lowest BCUT2D eigenvalue weighted by molar-refractivity contribution is -0.116. The highest BCUT2D eigenvalue weighted by atomic mass is 19.2. The van der Waals surface area contributed by atoms with E-state index in [9.17, 15) is 18.4 Å². The number of benzene rings is 3. The van der Waals surface area contributed by atoms with Crippen LogP contribution in [0.15, 0.2) is 66.7 Å². The summed E-state index contributed by atoms with van der Waals surface area (Å²) >= 11 is 0. The van der Waals surface area contributed by atoms with Gasteiger partial charge < -0.3 is 14.5 Å². The fourth-order valence-corrected chi connectivity index (χ4v) is 5.35. The van der Waals surface area contributed by atoms with Crippen molar-refractivity contribution in [3.05, 3.63) is 101 Å². The first kappa shape index (κ1) is 29.8. The number of rotatable bonds is 5. The second-order valence-corrected chi connectivity index (χ2v) is 10.5. The minimum atomic E-state index is -1.06. The molecule has 1 aliphatic heterocycles. The van der Waals surface area contributed by atoms with Crippen molar-refractivity contribution in [3.63, 3.8) is 0 Å². The summed E-state index contributed by atoms with van der Waals surface area (Å²) in [6.07, 6.45) is 0.604. The molecule has 2 heterocycles. The van der Waals surface area contributed by atoms with Crippen LogP contribution in [0.4, 0.5) is 14.5 Å². The molecule has 4 aromatic rings. The van der Waals surface area contributed by atoms with Crippen molar-refractivity contribution < 1.29 is 23.1 Å². The molecule has 0 aliphatic carbocycles. The fraction of sp³-hybridized carbons (Fsp3) is 0.312. The molecule has 0 unspecified atom stereocenters. The van der Waals surface area contributed by atoms with Gasteiger partial charge in [0.2, 0.25) is 5.91 Å². The first-order valence-corrected chi connectivity index (χ1v) is 14.1. The standard InChI is InChI=1S/C32H34F2N6O3/c1-22-31(35-36-40(22)26-11-7-12-27(18-26)43-3)32(42)38-16-15-37(20-24-9-5-4-6-10-24)13-8-14-39(23(2)41)30-19-29(34)28(33)17-25(30)21-38/h4-7,9-12,17-19H,8,13-16,20-21H2,1-3H3. The van der Waals surface area contributed by atoms with E-state index < -0.39 is 17.5 Å². The first-order valence-electron chi connectivity index (χ1n) is 14.1. The molecular weight excluding hydrogens is 554 g/mol. The normalized spacial score (nSPS) is 14.6. The molecule has 1 aliphatic rings. The van der Waals surface area contributed by atoms with E-state index in [0.717, 1.165) is 17.7 Å². The summed E-state index contributed by atoms with van der Waals surface area (Å²) < 4.78 is 36.0. The molecule has 3 aromatic carbocycles. The van der Waals surface area contributed by atoms with Gasteiger partial charge in [0.25, 0.3) is 5.91 Å². The third-order valence-corrected chi connectivity index (χ3v) is 7.63. The van der Waals surface area contributed by atoms with Gasteiger partial charge in [-0.05, 0) is 42.7 Å². The number of ether oxygens (including phenoxy) is 1. The summed E-state index contributed by atoms with van der Waals surface area (Å²) in [6.45, 7) is 5.49. The van der Waals surface area contributed by atoms with Crippen molar-refractivity contribution in [1.29, 1.82) is 0 Å². The maximum atomic E-state index is 14.6. The molecule has 9 nitrogen and oxygen atoms in total. The number of halogens is 2. The average Bonchev–Trinajstić information content (AvgIpc) is 3.38. The Morgan fingerprint density at radius 3 is 2.44 bits per heavy atom. The smallest absolute Gasteiger partial charge is 0.276 e. The third kappa shape index (κ3) is 6.72. The van der Waals surface area contributed by atoms with Crippen LogP contribution < -0.4 is 9.64 Å². The van der Waals surface area contributed by atoms with Gasteiger partial charge in [0.15, 0.2) is 17.3 Å². The van der Waals surface area contributed by atoms with Crippen LogP contribution in [-0.2, 0) is 17.9 Å². The Morgan fingerprint density at radius 1 is 0.930 bits per heavy atom. The maximum absolute atomic E-state index is 14.6. The van der Waals surface area contributed by atoms with Gasteiger partial charge in [-0.25, -0.2) is 13.5 Å². The number of aromatic nitrogens is 3. The van der Waals surface area contributed by atoms with Crippen LogP contribution in [0.5, 0.6) is 5.75 Å². The maximum Gasteiger partial charge on any atom is 0.276 e. The Bertz CT molecular complexity index is 1610. The van der Waals surface area contributed by atoms with Crippen LogP contribution in [0.3, 0.4) is 0 Å². The number of carbonyl (C=O) groups is 2. The highest BCUT2D eigenvalue weighted by Crippen LogP contribution is 2.28. The van der Waals surface area contributed by atoms with Crippen LogP contribution in [0.25, 0.3) is 5.69 Å². The summed E-state index contributed by atoms with van der Waals surface area (Å²) in [6, 6.07) is 19.3. The SMILES string of the molecule is COc1cccc(-n2nnc(C(=O)N3CCN(Cc4ccccc4)CCCN(C(C)=O)c4cc(F)c(F)cc4C3)c2C)c1. The Balaban J connectivity index is 1.52. The second kappa shape index (κ2) is 13.1. The summed E-state index contributed by atoms with van der Waals surface area (Å²) in [5.74, 6) is -2.17. The molecular formula is C32H34F2N6O3. The minimum absolute atomic E-state index is 0.0558. The van der Waals surface area contributed by atoms with Crippen LogP contribution in [0, 0.1) is 18.6 Å². The molecule has 0 saturated heterocycles. The van der Waals surface area contributed by atoms with E-state index >= 15 is 0 Å². The predicted molar refractivity (Wildman–Crippen MR) is 158 cm³/mol. The molecule has 224 valence electrons. The number of amides is 2. The second-order valence-electron chi connectivity index (χ2n) is 10.5. The number of hydrogen-bond donors (Lipinski definition) is 0. The fourth-order valence-electron chi connectivity index (χ4n) is 5.35. The zero-order valence-electron chi connectivity index (χ0n) is 24.5. The highest BCUT2D eigenvalue weighted by Gasteiger charge is 2.28. The summed E-state index contributed by atoms with van der Waals surface area (Å²) in [5.41, 5.74) is 3.02. The Morgan fingerprint density at radius 2 is 1.70 bits per heavy atom. The molecule has 0 radical (unpaired) electrons. The largest absolute Gasteiger partial charge is 0.497 e. The van der Waals surface area contributed by atoms with Gasteiger partial charge in [-0.2, -0.15) is 0 Å². The zero-order valence-corrected chi connectivity index (χ0v) is 24.5. The highest BCUT2D eigenvalue weighted by molar-refractivity contribution is 5.94. The molecule has 0 N–H and O–H groups in total. The summed E-state index contributed by atoms with van der Waals surface area (Å²) in [7, 11) is 1.57. The van der Waals surface area contributed by atoms with Crippen molar-refractivity contribution >= 4 is 17.5 Å². The third-order valence-electron chi connectivity index (χ3n) is 7.63. The summed E-state index contributed by atoms with van der Waals surface area (Å²) in [4.78, 5) is 32.1. The van der Waals surface area contributed by atoms with Crippen molar-refractivity contribution in [3.8, 4) is 11.4 Å². The van der Waals surface area contributed by atoms with Gasteiger partial charge in [0.05, 0.1) is 24.2 Å². The minimum Gasteiger partial charge on any atom is -0.497 e. The van der Waals surface area contributed by atoms with Gasteiger partial charge in [0.1, 0.15) is 5.75 Å². The Hall–Kier alpha value is -4.64. The zero-order chi connectivity index (χ0) is 30.5. The number of nitrogens with zero attached hydrogens (tertiary/aromatic N) is 6. The Labute approximate surface area is 249 Å². The molecule has 0 fully saturated rings. The lowest BCUT2D eigenvalue weighted by Crippen LogP contribution is -2.39. The number of methoxy groups -OCH3 is 1. The molecule has 11 heteroatoms.